The van der Waals surface area contributed by atoms with Gasteiger partial charge in [0.05, 0.1) is 20.3 Å². The molecule has 0 fully saturated rings. The summed E-state index contributed by atoms with van der Waals surface area (Å²) in [4.78, 5) is 7.61. The molecule has 0 spiro atoms. The zero-order valence-corrected chi connectivity index (χ0v) is 19.2. The third-order valence-corrected chi connectivity index (χ3v) is 4.51. The van der Waals surface area contributed by atoms with Crippen LogP contribution in [0.5, 0.6) is 5.75 Å². The van der Waals surface area contributed by atoms with Gasteiger partial charge in [-0.1, -0.05) is 12.1 Å². The number of guanidine groups is 1. The summed E-state index contributed by atoms with van der Waals surface area (Å²) in [6, 6.07) is 7.67. The van der Waals surface area contributed by atoms with E-state index in [9.17, 15) is 13.2 Å². The highest BCUT2D eigenvalue weighted by atomic mass is 127. The van der Waals surface area contributed by atoms with Crippen molar-refractivity contribution in [3.8, 4) is 5.75 Å². The molecule has 0 aliphatic carbocycles. The summed E-state index contributed by atoms with van der Waals surface area (Å²) in [6.07, 6.45) is -3.66. The van der Waals surface area contributed by atoms with E-state index in [1.807, 2.05) is 24.3 Å². The van der Waals surface area contributed by atoms with Gasteiger partial charge in [-0.05, 0) is 24.1 Å². The lowest BCUT2D eigenvalue weighted by atomic mass is 10.2. The molecule has 29 heavy (non-hydrogen) atoms. The van der Waals surface area contributed by atoms with Crippen LogP contribution in [0.25, 0.3) is 0 Å². The van der Waals surface area contributed by atoms with Crippen LogP contribution in [-0.4, -0.2) is 38.3 Å². The molecule has 0 radical (unpaired) electrons. The fourth-order valence-corrected chi connectivity index (χ4v) is 2.94. The van der Waals surface area contributed by atoms with E-state index in [2.05, 4.69) is 20.6 Å². The number of nitrogens with one attached hydrogen (secondary N) is 2. The van der Waals surface area contributed by atoms with Gasteiger partial charge in [0.15, 0.2) is 11.7 Å². The normalized spacial score (nSPS) is 11.7. The third kappa shape index (κ3) is 9.17. The Morgan fingerprint density at radius 1 is 1.21 bits per heavy atom. The lowest BCUT2D eigenvalue weighted by Gasteiger charge is -2.11. The van der Waals surface area contributed by atoms with Gasteiger partial charge in [0.2, 0.25) is 0 Å². The van der Waals surface area contributed by atoms with Crippen LogP contribution in [0.3, 0.4) is 0 Å². The first-order valence-electron chi connectivity index (χ1n) is 8.59. The zero-order valence-electron chi connectivity index (χ0n) is 16.1. The van der Waals surface area contributed by atoms with Crippen LogP contribution in [-0.2, 0) is 24.1 Å². The number of aromatic nitrogens is 1. The largest absolute Gasteiger partial charge is 0.497 e. The van der Waals surface area contributed by atoms with Gasteiger partial charge in [0, 0.05) is 25.6 Å². The quantitative estimate of drug-likeness (QED) is 0.216. The van der Waals surface area contributed by atoms with Gasteiger partial charge in [-0.3, -0.25) is 4.99 Å². The molecule has 0 aliphatic heterocycles. The van der Waals surface area contributed by atoms with E-state index in [0.29, 0.717) is 30.7 Å². The molecule has 0 atom stereocenters. The van der Waals surface area contributed by atoms with E-state index in [0.717, 1.165) is 34.5 Å². The molecular weight excluding hydrogens is 520 g/mol. The topological polar surface area (TPSA) is 67.8 Å². The summed E-state index contributed by atoms with van der Waals surface area (Å²) >= 11 is 0.960. The van der Waals surface area contributed by atoms with Crippen molar-refractivity contribution in [1.82, 2.24) is 15.6 Å². The predicted octanol–water partition coefficient (Wildman–Crippen LogP) is 4.06. The number of halogens is 4. The minimum atomic E-state index is -4.42. The summed E-state index contributed by atoms with van der Waals surface area (Å²) in [6.45, 7) is 1.88. The van der Waals surface area contributed by atoms with Crippen LogP contribution in [0.2, 0.25) is 0 Å². The lowest BCUT2D eigenvalue weighted by Crippen LogP contribution is -2.37. The van der Waals surface area contributed by atoms with Gasteiger partial charge in [-0.15, -0.1) is 35.3 Å². The highest BCUT2D eigenvalue weighted by Gasteiger charge is 2.33. The second-order valence-electron chi connectivity index (χ2n) is 5.73. The van der Waals surface area contributed by atoms with Crippen molar-refractivity contribution in [2.45, 2.75) is 25.7 Å². The fraction of sp³-hybridized carbons (Fsp3) is 0.444. The number of ether oxygens (including phenoxy) is 2. The molecule has 0 saturated carbocycles. The van der Waals surface area contributed by atoms with Gasteiger partial charge >= 0.3 is 6.18 Å². The molecule has 0 saturated heterocycles. The Balaban J connectivity index is 0.00000420. The monoisotopic (exact) mass is 544 g/mol. The molecule has 2 N–H and O–H groups in total. The van der Waals surface area contributed by atoms with Gasteiger partial charge in [0.1, 0.15) is 10.8 Å². The Kier molecular flexibility index (Phi) is 11.3. The smallest absolute Gasteiger partial charge is 0.434 e. The van der Waals surface area contributed by atoms with Gasteiger partial charge < -0.3 is 20.1 Å². The maximum absolute atomic E-state index is 12.5. The summed E-state index contributed by atoms with van der Waals surface area (Å²) in [7, 11) is 3.22. The van der Waals surface area contributed by atoms with Gasteiger partial charge in [0.25, 0.3) is 0 Å². The molecule has 1 heterocycles. The number of hydrogen-bond acceptors (Lipinski definition) is 5. The molecule has 0 aliphatic rings. The van der Waals surface area contributed by atoms with Crippen LogP contribution in [0.4, 0.5) is 13.2 Å². The second kappa shape index (κ2) is 12.9. The molecule has 6 nitrogen and oxygen atoms in total. The number of thiazole rings is 1. The first-order chi connectivity index (χ1) is 13.4. The average Bonchev–Trinajstić information content (AvgIpc) is 3.17. The minimum Gasteiger partial charge on any atom is -0.497 e. The molecular formula is C18H24F3IN4O2S. The Morgan fingerprint density at radius 3 is 2.52 bits per heavy atom. The molecule has 0 amide bonds. The van der Waals surface area contributed by atoms with Gasteiger partial charge in [-0.25, -0.2) is 4.98 Å². The van der Waals surface area contributed by atoms with Crippen LogP contribution in [0.1, 0.15) is 22.7 Å². The molecule has 0 bridgehead atoms. The molecule has 1 aromatic heterocycles. The number of alkyl halides is 3. The van der Waals surface area contributed by atoms with Gasteiger partial charge in [-0.2, -0.15) is 13.2 Å². The summed E-state index contributed by atoms with van der Waals surface area (Å²) in [5, 5.41) is 7.39. The Labute approximate surface area is 188 Å². The summed E-state index contributed by atoms with van der Waals surface area (Å²) < 4.78 is 48.4. The molecule has 162 valence electrons. The van der Waals surface area contributed by atoms with Crippen LogP contribution < -0.4 is 15.4 Å². The number of rotatable bonds is 9. The number of methoxy groups -OCH3 is 1. The van der Waals surface area contributed by atoms with E-state index in [1.54, 1.807) is 14.2 Å². The minimum absolute atomic E-state index is 0. The van der Waals surface area contributed by atoms with Crippen molar-refractivity contribution in [1.29, 1.82) is 0 Å². The Hall–Kier alpha value is -1.60. The molecule has 1 aromatic carbocycles. The van der Waals surface area contributed by atoms with E-state index in [1.165, 1.54) is 0 Å². The molecule has 2 aromatic rings. The lowest BCUT2D eigenvalue weighted by molar-refractivity contribution is -0.140. The number of hydrogen-bond donors (Lipinski definition) is 2. The first-order valence-corrected chi connectivity index (χ1v) is 9.47. The van der Waals surface area contributed by atoms with Crippen molar-refractivity contribution in [2.24, 2.45) is 4.99 Å². The van der Waals surface area contributed by atoms with E-state index >= 15 is 0 Å². The van der Waals surface area contributed by atoms with Crippen LogP contribution in [0.15, 0.2) is 34.6 Å². The Bertz CT molecular complexity index is 754. The fourth-order valence-electron chi connectivity index (χ4n) is 2.20. The maximum atomic E-state index is 12.5. The number of aliphatic imine (C=N–C) groups is 1. The Morgan fingerprint density at radius 2 is 1.93 bits per heavy atom. The van der Waals surface area contributed by atoms with Crippen molar-refractivity contribution < 1.29 is 22.6 Å². The molecule has 11 heteroatoms. The number of nitrogens with zero attached hydrogens (tertiary/aromatic N) is 2. The summed E-state index contributed by atoms with van der Waals surface area (Å²) in [5.41, 5.74) is 0.194. The van der Waals surface area contributed by atoms with Crippen LogP contribution >= 0.6 is 35.3 Å². The third-order valence-electron chi connectivity index (χ3n) is 3.66. The number of benzene rings is 1. The zero-order chi connectivity index (χ0) is 20.4. The van der Waals surface area contributed by atoms with E-state index in [-0.39, 0.29) is 30.5 Å². The summed E-state index contributed by atoms with van der Waals surface area (Å²) in [5.74, 6) is 1.30. The van der Waals surface area contributed by atoms with E-state index < -0.39 is 11.9 Å². The predicted molar refractivity (Wildman–Crippen MR) is 118 cm³/mol. The van der Waals surface area contributed by atoms with Crippen molar-refractivity contribution in [3.63, 3.8) is 0 Å². The van der Waals surface area contributed by atoms with Crippen molar-refractivity contribution in [2.75, 3.05) is 27.3 Å². The van der Waals surface area contributed by atoms with Crippen LogP contribution in [0, 0.1) is 0 Å². The maximum Gasteiger partial charge on any atom is 0.434 e. The average molecular weight is 544 g/mol. The first kappa shape index (κ1) is 25.4. The van der Waals surface area contributed by atoms with E-state index in [4.69, 9.17) is 9.47 Å². The molecule has 0 unspecified atom stereocenters. The molecule has 2 rings (SSSR count). The van der Waals surface area contributed by atoms with Crippen molar-refractivity contribution >= 4 is 41.3 Å². The SMILES string of the molecule is CN=C(NCCCOCc1ccc(OC)cc1)NCc1nc(C(F)(F)F)cs1.I. The second-order valence-corrected chi connectivity index (χ2v) is 6.67. The highest BCUT2D eigenvalue weighted by Crippen LogP contribution is 2.29. The highest BCUT2D eigenvalue weighted by molar-refractivity contribution is 14.0. The van der Waals surface area contributed by atoms with Crippen molar-refractivity contribution in [3.05, 3.63) is 45.9 Å². The standard InChI is InChI=1S/C18H23F3N4O2S.HI/c1-22-17(24-10-16-25-15(12-28-16)18(19,20)21)23-8-3-9-27-11-13-4-6-14(26-2)7-5-13;/h4-7,12H,3,8-11H2,1-2H3,(H2,22,23,24);1H.